The molecule has 4 rings (SSSR count). The molecule has 8 heteroatoms. The molecule has 3 aromatic rings. The number of likely N-dealkylation sites (tertiary alicyclic amines) is 1. The van der Waals surface area contributed by atoms with Crippen molar-refractivity contribution in [3.63, 3.8) is 0 Å². The Morgan fingerprint density at radius 3 is 2.48 bits per heavy atom. The molecule has 1 unspecified atom stereocenters. The summed E-state index contributed by atoms with van der Waals surface area (Å²) in [7, 11) is 0. The van der Waals surface area contributed by atoms with Gasteiger partial charge in [-0.15, -0.1) is 0 Å². The van der Waals surface area contributed by atoms with Gasteiger partial charge < -0.3 is 9.47 Å². The van der Waals surface area contributed by atoms with Crippen LogP contribution in [0.1, 0.15) is 40.0 Å². The standard InChI is InChI=1S/C25H21FN2O5/c26-18-13-11-17(12-14-18)23(29)28-16-5-4-10-21(24(28)30)33-25(31)20-9-6-15-27-22(20)32-19-7-2-1-3-8-19/h1-3,6-9,11-15,21H,4-5,10,16H2. The molecule has 2 heterocycles. The van der Waals surface area contributed by atoms with Crippen molar-refractivity contribution in [2.45, 2.75) is 25.4 Å². The van der Waals surface area contributed by atoms with Crippen molar-refractivity contribution < 1.29 is 28.2 Å². The highest BCUT2D eigenvalue weighted by atomic mass is 19.1. The van der Waals surface area contributed by atoms with Crippen LogP contribution in [0.4, 0.5) is 4.39 Å². The molecule has 0 spiro atoms. The summed E-state index contributed by atoms with van der Waals surface area (Å²) >= 11 is 0. The Labute approximate surface area is 189 Å². The van der Waals surface area contributed by atoms with Gasteiger partial charge in [0.05, 0.1) is 0 Å². The Morgan fingerprint density at radius 2 is 1.73 bits per heavy atom. The quantitative estimate of drug-likeness (QED) is 0.425. The maximum Gasteiger partial charge on any atom is 0.344 e. The zero-order valence-electron chi connectivity index (χ0n) is 17.6. The first-order valence-corrected chi connectivity index (χ1v) is 10.5. The molecule has 1 aliphatic rings. The monoisotopic (exact) mass is 448 g/mol. The second-order valence-electron chi connectivity index (χ2n) is 7.46. The van der Waals surface area contributed by atoms with Gasteiger partial charge in [-0.05, 0) is 67.8 Å². The molecular weight excluding hydrogens is 427 g/mol. The van der Waals surface area contributed by atoms with Crippen molar-refractivity contribution in [1.82, 2.24) is 9.88 Å². The van der Waals surface area contributed by atoms with E-state index in [0.29, 0.717) is 18.6 Å². The molecule has 168 valence electrons. The number of para-hydroxylation sites is 1. The normalized spacial score (nSPS) is 16.1. The average Bonchev–Trinajstić information content (AvgIpc) is 3.01. The fourth-order valence-corrected chi connectivity index (χ4v) is 3.49. The first kappa shape index (κ1) is 22.1. The van der Waals surface area contributed by atoms with Crippen LogP contribution in [0.3, 0.4) is 0 Å². The lowest BCUT2D eigenvalue weighted by Gasteiger charge is -2.23. The van der Waals surface area contributed by atoms with Gasteiger partial charge >= 0.3 is 5.97 Å². The summed E-state index contributed by atoms with van der Waals surface area (Å²) in [6.45, 7) is 0.193. The van der Waals surface area contributed by atoms with Crippen LogP contribution in [0.5, 0.6) is 11.6 Å². The van der Waals surface area contributed by atoms with Crippen LogP contribution in [0.2, 0.25) is 0 Å². The lowest BCUT2D eigenvalue weighted by Crippen LogP contribution is -2.43. The number of imide groups is 1. The zero-order valence-corrected chi connectivity index (χ0v) is 17.6. The van der Waals surface area contributed by atoms with E-state index >= 15 is 0 Å². The summed E-state index contributed by atoms with van der Waals surface area (Å²) in [5.41, 5.74) is 0.248. The van der Waals surface area contributed by atoms with Gasteiger partial charge in [0.25, 0.3) is 11.8 Å². The highest BCUT2D eigenvalue weighted by Gasteiger charge is 2.34. The van der Waals surface area contributed by atoms with Crippen molar-refractivity contribution in [1.29, 1.82) is 0 Å². The van der Waals surface area contributed by atoms with E-state index in [4.69, 9.17) is 9.47 Å². The lowest BCUT2D eigenvalue weighted by atomic mass is 10.1. The number of carbonyl (C=O) groups is 3. The molecule has 2 amide bonds. The number of halogens is 1. The van der Waals surface area contributed by atoms with Crippen LogP contribution in [0, 0.1) is 5.82 Å². The first-order valence-electron chi connectivity index (χ1n) is 10.5. The minimum Gasteiger partial charge on any atom is -0.448 e. The molecule has 0 saturated carbocycles. The van der Waals surface area contributed by atoms with Crippen LogP contribution < -0.4 is 4.74 Å². The van der Waals surface area contributed by atoms with Crippen molar-refractivity contribution in [2.75, 3.05) is 6.54 Å². The Bertz CT molecular complexity index is 1150. The highest BCUT2D eigenvalue weighted by molar-refractivity contribution is 6.06. The SMILES string of the molecule is O=C(OC1CCCCN(C(=O)c2ccc(F)cc2)C1=O)c1cccnc1Oc1ccccc1. The molecule has 1 atom stereocenters. The van der Waals surface area contributed by atoms with E-state index in [1.165, 1.54) is 24.4 Å². The van der Waals surface area contributed by atoms with Gasteiger partial charge in [-0.25, -0.2) is 14.2 Å². The smallest absolute Gasteiger partial charge is 0.344 e. The Morgan fingerprint density at radius 1 is 0.970 bits per heavy atom. The molecule has 0 aliphatic carbocycles. The number of esters is 1. The number of benzene rings is 2. The number of hydrogen-bond donors (Lipinski definition) is 0. The third-order valence-corrected chi connectivity index (χ3v) is 5.17. The summed E-state index contributed by atoms with van der Waals surface area (Å²) in [5.74, 6) is -1.88. The van der Waals surface area contributed by atoms with Crippen LogP contribution in [0.25, 0.3) is 0 Å². The zero-order chi connectivity index (χ0) is 23.2. The molecule has 0 radical (unpaired) electrons. The maximum absolute atomic E-state index is 13.2. The van der Waals surface area contributed by atoms with E-state index in [1.807, 2.05) is 6.07 Å². The number of pyridine rings is 1. The second kappa shape index (κ2) is 10.0. The summed E-state index contributed by atoms with van der Waals surface area (Å²) < 4.78 is 24.4. The van der Waals surface area contributed by atoms with E-state index in [-0.39, 0.29) is 30.0 Å². The topological polar surface area (TPSA) is 85.8 Å². The van der Waals surface area contributed by atoms with Gasteiger partial charge in [-0.3, -0.25) is 14.5 Å². The molecule has 7 nitrogen and oxygen atoms in total. The van der Waals surface area contributed by atoms with Crippen LogP contribution >= 0.6 is 0 Å². The van der Waals surface area contributed by atoms with Crippen molar-refractivity contribution in [3.05, 3.63) is 89.9 Å². The first-order chi connectivity index (χ1) is 16.0. The molecule has 1 aliphatic heterocycles. The number of aromatic nitrogens is 1. The molecule has 0 N–H and O–H groups in total. The van der Waals surface area contributed by atoms with Crippen molar-refractivity contribution in [3.8, 4) is 11.6 Å². The maximum atomic E-state index is 13.2. The number of amides is 2. The predicted molar refractivity (Wildman–Crippen MR) is 116 cm³/mol. The lowest BCUT2D eigenvalue weighted by molar-refractivity contribution is -0.137. The van der Waals surface area contributed by atoms with Gasteiger partial charge in [-0.2, -0.15) is 0 Å². The van der Waals surface area contributed by atoms with Gasteiger partial charge in [0.2, 0.25) is 5.88 Å². The Hall–Kier alpha value is -4.07. The van der Waals surface area contributed by atoms with E-state index in [2.05, 4.69) is 4.98 Å². The second-order valence-corrected chi connectivity index (χ2v) is 7.46. The Kier molecular flexibility index (Phi) is 6.73. The molecular formula is C25H21FN2O5. The third kappa shape index (κ3) is 5.23. The third-order valence-electron chi connectivity index (χ3n) is 5.17. The van der Waals surface area contributed by atoms with Crippen molar-refractivity contribution >= 4 is 17.8 Å². The van der Waals surface area contributed by atoms with Gasteiger partial charge in [0.15, 0.2) is 6.10 Å². The fraction of sp³-hybridized carbons (Fsp3) is 0.200. The summed E-state index contributed by atoms with van der Waals surface area (Å²) in [5, 5.41) is 0. The average molecular weight is 448 g/mol. The Balaban J connectivity index is 1.51. The van der Waals surface area contributed by atoms with E-state index in [9.17, 15) is 18.8 Å². The van der Waals surface area contributed by atoms with Gasteiger partial charge in [-0.1, -0.05) is 18.2 Å². The van der Waals surface area contributed by atoms with Crippen LogP contribution in [0.15, 0.2) is 72.9 Å². The minimum atomic E-state index is -1.13. The molecule has 1 saturated heterocycles. The number of rotatable bonds is 5. The molecule has 33 heavy (non-hydrogen) atoms. The molecule has 1 fully saturated rings. The summed E-state index contributed by atoms with van der Waals surface area (Å²) in [6, 6.07) is 16.9. The van der Waals surface area contributed by atoms with Gasteiger partial charge in [0, 0.05) is 18.3 Å². The molecule has 0 bridgehead atoms. The number of carbonyl (C=O) groups excluding carboxylic acids is 3. The largest absolute Gasteiger partial charge is 0.448 e. The van der Waals surface area contributed by atoms with E-state index in [1.54, 1.807) is 30.3 Å². The van der Waals surface area contributed by atoms with Gasteiger partial charge in [0.1, 0.15) is 17.1 Å². The van der Waals surface area contributed by atoms with E-state index in [0.717, 1.165) is 17.0 Å². The van der Waals surface area contributed by atoms with Crippen molar-refractivity contribution in [2.24, 2.45) is 0 Å². The summed E-state index contributed by atoms with van der Waals surface area (Å²) in [4.78, 5) is 44.0. The van der Waals surface area contributed by atoms with Crippen LogP contribution in [-0.4, -0.2) is 40.3 Å². The predicted octanol–water partition coefficient (Wildman–Crippen LogP) is 4.39. The minimum absolute atomic E-state index is 0.0500. The molecule has 1 aromatic heterocycles. The number of ether oxygens (including phenoxy) is 2. The number of hydrogen-bond acceptors (Lipinski definition) is 6. The fourth-order valence-electron chi connectivity index (χ4n) is 3.49. The van der Waals surface area contributed by atoms with E-state index < -0.39 is 29.7 Å². The summed E-state index contributed by atoms with van der Waals surface area (Å²) in [6.07, 6.45) is 1.80. The molecule has 2 aromatic carbocycles. The van der Waals surface area contributed by atoms with Crippen LogP contribution in [-0.2, 0) is 9.53 Å². The number of nitrogens with zero attached hydrogens (tertiary/aromatic N) is 2. The highest BCUT2D eigenvalue weighted by Crippen LogP contribution is 2.25.